The van der Waals surface area contributed by atoms with Crippen LogP contribution >= 0.6 is 0 Å². The second-order valence-electron chi connectivity index (χ2n) is 5.53. The van der Waals surface area contributed by atoms with Crippen molar-refractivity contribution in [1.29, 1.82) is 0 Å². The summed E-state index contributed by atoms with van der Waals surface area (Å²) < 4.78 is 11.2. The molecule has 20 heavy (non-hydrogen) atoms. The van der Waals surface area contributed by atoms with Crippen LogP contribution in [0.5, 0.6) is 0 Å². The molecular formula is C17H26O3. The third kappa shape index (κ3) is 4.89. The third-order valence-corrected chi connectivity index (χ3v) is 3.76. The summed E-state index contributed by atoms with van der Waals surface area (Å²) in [4.78, 5) is 0. The molecule has 1 fully saturated rings. The fraction of sp³-hybridized carbons (Fsp3) is 0.647. The van der Waals surface area contributed by atoms with Crippen LogP contribution < -0.4 is 0 Å². The molecule has 2 atom stereocenters. The van der Waals surface area contributed by atoms with Gasteiger partial charge in [0.05, 0.1) is 19.3 Å². The van der Waals surface area contributed by atoms with E-state index in [2.05, 4.69) is 19.1 Å². The van der Waals surface area contributed by atoms with E-state index in [0.29, 0.717) is 13.2 Å². The number of ether oxygens (including phenoxy) is 2. The van der Waals surface area contributed by atoms with E-state index in [9.17, 15) is 5.11 Å². The summed E-state index contributed by atoms with van der Waals surface area (Å²) in [6.45, 7) is 3.94. The molecule has 1 aromatic carbocycles. The highest BCUT2D eigenvalue weighted by atomic mass is 16.5. The number of aryl methyl sites for hydroxylation is 1. The van der Waals surface area contributed by atoms with Crippen molar-refractivity contribution < 1.29 is 14.6 Å². The Hall–Kier alpha value is -0.900. The second-order valence-corrected chi connectivity index (χ2v) is 5.53. The van der Waals surface area contributed by atoms with Crippen LogP contribution in [0.1, 0.15) is 49.8 Å². The Balaban J connectivity index is 1.71. The molecule has 2 rings (SSSR count). The summed E-state index contributed by atoms with van der Waals surface area (Å²) >= 11 is 0. The summed E-state index contributed by atoms with van der Waals surface area (Å²) in [5.41, 5.74) is 2.24. The molecule has 1 N–H and O–H groups in total. The van der Waals surface area contributed by atoms with Gasteiger partial charge in [0, 0.05) is 6.61 Å². The van der Waals surface area contributed by atoms with E-state index in [-0.39, 0.29) is 6.10 Å². The van der Waals surface area contributed by atoms with Gasteiger partial charge in [0.25, 0.3) is 0 Å². The lowest BCUT2D eigenvalue weighted by molar-refractivity contribution is -0.0574. The summed E-state index contributed by atoms with van der Waals surface area (Å²) in [5.74, 6) is 0. The molecule has 0 spiro atoms. The summed E-state index contributed by atoms with van der Waals surface area (Å²) in [6, 6.07) is 8.17. The Bertz CT molecular complexity index is 368. The highest BCUT2D eigenvalue weighted by Crippen LogP contribution is 2.17. The summed E-state index contributed by atoms with van der Waals surface area (Å²) in [7, 11) is 0. The van der Waals surface area contributed by atoms with Gasteiger partial charge in [0.15, 0.2) is 0 Å². The van der Waals surface area contributed by atoms with Gasteiger partial charge < -0.3 is 14.6 Å². The third-order valence-electron chi connectivity index (χ3n) is 3.76. The van der Waals surface area contributed by atoms with Crippen molar-refractivity contribution in [1.82, 2.24) is 0 Å². The van der Waals surface area contributed by atoms with E-state index in [1.807, 2.05) is 12.1 Å². The van der Waals surface area contributed by atoms with Gasteiger partial charge >= 0.3 is 0 Å². The first kappa shape index (κ1) is 15.5. The molecule has 1 aromatic rings. The van der Waals surface area contributed by atoms with E-state index in [1.54, 1.807) is 0 Å². The number of aliphatic hydroxyl groups is 1. The first-order valence-electron chi connectivity index (χ1n) is 7.76. The Morgan fingerprint density at radius 1 is 1.30 bits per heavy atom. The van der Waals surface area contributed by atoms with Crippen LogP contribution in [0.4, 0.5) is 0 Å². The number of hydrogen-bond acceptors (Lipinski definition) is 3. The van der Waals surface area contributed by atoms with Crippen LogP contribution in [-0.4, -0.2) is 31.0 Å². The van der Waals surface area contributed by atoms with Crippen molar-refractivity contribution in [3.05, 3.63) is 35.4 Å². The number of rotatable bonds is 7. The minimum Gasteiger partial charge on any atom is -0.386 e. The van der Waals surface area contributed by atoms with Crippen LogP contribution in [0.3, 0.4) is 0 Å². The maximum atomic E-state index is 10.1. The maximum absolute atomic E-state index is 10.1. The smallest absolute Gasteiger partial charge is 0.102 e. The zero-order chi connectivity index (χ0) is 14.2. The molecule has 3 heteroatoms. The molecule has 0 radical (unpaired) electrons. The largest absolute Gasteiger partial charge is 0.386 e. The average molecular weight is 278 g/mol. The average Bonchev–Trinajstić information content (AvgIpc) is 2.49. The standard InChI is InChI=1S/C17H26O3/c1-2-5-14-7-9-15(10-8-14)17(18)13-19-12-16-6-3-4-11-20-16/h7-10,16-18H,2-6,11-13H2,1H3. The second kappa shape index (κ2) is 8.40. The quantitative estimate of drug-likeness (QED) is 0.832. The summed E-state index contributed by atoms with van der Waals surface area (Å²) in [5, 5.41) is 10.1. The van der Waals surface area contributed by atoms with Gasteiger partial charge in [-0.05, 0) is 36.8 Å². The maximum Gasteiger partial charge on any atom is 0.102 e. The predicted molar refractivity (Wildman–Crippen MR) is 79.8 cm³/mol. The fourth-order valence-corrected chi connectivity index (χ4v) is 2.54. The van der Waals surface area contributed by atoms with Crippen molar-refractivity contribution in [3.63, 3.8) is 0 Å². The highest BCUT2D eigenvalue weighted by molar-refractivity contribution is 5.24. The van der Waals surface area contributed by atoms with Crippen LogP contribution in [0.2, 0.25) is 0 Å². The first-order chi connectivity index (χ1) is 9.79. The van der Waals surface area contributed by atoms with Crippen LogP contribution in [-0.2, 0) is 15.9 Å². The molecule has 2 unspecified atom stereocenters. The van der Waals surface area contributed by atoms with Gasteiger partial charge in [-0.3, -0.25) is 0 Å². The molecule has 1 aliphatic heterocycles. The first-order valence-corrected chi connectivity index (χ1v) is 7.76. The van der Waals surface area contributed by atoms with Crippen molar-refractivity contribution in [3.8, 4) is 0 Å². The van der Waals surface area contributed by atoms with Crippen molar-refractivity contribution in [2.24, 2.45) is 0 Å². The molecule has 0 aromatic heterocycles. The van der Waals surface area contributed by atoms with Crippen molar-refractivity contribution in [2.75, 3.05) is 19.8 Å². The van der Waals surface area contributed by atoms with E-state index < -0.39 is 6.10 Å². The predicted octanol–water partition coefficient (Wildman–Crippen LogP) is 3.26. The summed E-state index contributed by atoms with van der Waals surface area (Å²) in [6.07, 6.45) is 5.34. The molecular weight excluding hydrogens is 252 g/mol. The van der Waals surface area contributed by atoms with Crippen LogP contribution in [0.25, 0.3) is 0 Å². The van der Waals surface area contributed by atoms with Crippen LogP contribution in [0, 0.1) is 0 Å². The molecule has 0 aliphatic carbocycles. The monoisotopic (exact) mass is 278 g/mol. The van der Waals surface area contributed by atoms with Crippen LogP contribution in [0.15, 0.2) is 24.3 Å². The molecule has 1 heterocycles. The molecule has 1 saturated heterocycles. The molecule has 1 aliphatic rings. The topological polar surface area (TPSA) is 38.7 Å². The zero-order valence-corrected chi connectivity index (χ0v) is 12.4. The van der Waals surface area contributed by atoms with Crippen molar-refractivity contribution in [2.45, 2.75) is 51.2 Å². The normalized spacial score (nSPS) is 20.8. The lowest BCUT2D eigenvalue weighted by Crippen LogP contribution is -2.25. The van der Waals surface area contributed by atoms with Crippen molar-refractivity contribution >= 4 is 0 Å². The van der Waals surface area contributed by atoms with Gasteiger partial charge in [0.1, 0.15) is 6.10 Å². The Kier molecular flexibility index (Phi) is 6.51. The SMILES string of the molecule is CCCc1ccc(C(O)COCC2CCCCO2)cc1. The van der Waals surface area contributed by atoms with Gasteiger partial charge in [-0.2, -0.15) is 0 Å². The van der Waals surface area contributed by atoms with E-state index in [4.69, 9.17) is 9.47 Å². The molecule has 0 saturated carbocycles. The number of aliphatic hydroxyl groups excluding tert-OH is 1. The minimum atomic E-state index is -0.547. The number of benzene rings is 1. The Labute approximate surface area is 121 Å². The van der Waals surface area contributed by atoms with Gasteiger partial charge in [0.2, 0.25) is 0 Å². The fourth-order valence-electron chi connectivity index (χ4n) is 2.54. The minimum absolute atomic E-state index is 0.211. The molecule has 3 nitrogen and oxygen atoms in total. The zero-order valence-electron chi connectivity index (χ0n) is 12.4. The van der Waals surface area contributed by atoms with E-state index in [1.165, 1.54) is 12.0 Å². The van der Waals surface area contributed by atoms with Gasteiger partial charge in [-0.15, -0.1) is 0 Å². The number of hydrogen-bond donors (Lipinski definition) is 1. The lowest BCUT2D eigenvalue weighted by Gasteiger charge is -2.23. The Morgan fingerprint density at radius 3 is 2.75 bits per heavy atom. The lowest BCUT2D eigenvalue weighted by atomic mass is 10.0. The van der Waals surface area contributed by atoms with Gasteiger partial charge in [-0.25, -0.2) is 0 Å². The van der Waals surface area contributed by atoms with Gasteiger partial charge in [-0.1, -0.05) is 37.6 Å². The van der Waals surface area contributed by atoms with E-state index in [0.717, 1.165) is 37.9 Å². The molecule has 0 bridgehead atoms. The Morgan fingerprint density at radius 2 is 2.10 bits per heavy atom. The molecule has 112 valence electrons. The van der Waals surface area contributed by atoms with E-state index >= 15 is 0 Å². The highest BCUT2D eigenvalue weighted by Gasteiger charge is 2.15. The molecule has 0 amide bonds.